The van der Waals surface area contributed by atoms with Crippen LogP contribution in [-0.4, -0.2) is 24.0 Å². The number of aryl methyl sites for hydroxylation is 1. The Hall–Kier alpha value is -2.89. The van der Waals surface area contributed by atoms with Crippen LogP contribution in [0.5, 0.6) is 0 Å². The third kappa shape index (κ3) is 3.96. The summed E-state index contributed by atoms with van der Waals surface area (Å²) in [5.41, 5.74) is 2.72. The number of rotatable bonds is 5. The van der Waals surface area contributed by atoms with Gasteiger partial charge >= 0.3 is 5.97 Å². The van der Waals surface area contributed by atoms with Crippen LogP contribution in [0.15, 0.2) is 42.5 Å². The van der Waals surface area contributed by atoms with Gasteiger partial charge in [-0.05, 0) is 37.5 Å². The quantitative estimate of drug-likeness (QED) is 0.469. The van der Waals surface area contributed by atoms with Gasteiger partial charge in [-0.2, -0.15) is 0 Å². The van der Waals surface area contributed by atoms with Crippen LogP contribution in [0.2, 0.25) is 0 Å². The van der Waals surface area contributed by atoms with Gasteiger partial charge in [0.15, 0.2) is 0 Å². The largest absolute Gasteiger partial charge is 0.457 e. The van der Waals surface area contributed by atoms with Crippen molar-refractivity contribution in [3.63, 3.8) is 0 Å². The second-order valence-corrected chi connectivity index (χ2v) is 6.22. The molecule has 0 aromatic heterocycles. The molecule has 130 valence electrons. The lowest BCUT2D eigenvalue weighted by Gasteiger charge is -2.17. The van der Waals surface area contributed by atoms with E-state index in [9.17, 15) is 14.9 Å². The van der Waals surface area contributed by atoms with Gasteiger partial charge in [0.25, 0.3) is 5.69 Å². The molecular formula is C19H20N2O4. The monoisotopic (exact) mass is 340 g/mol. The van der Waals surface area contributed by atoms with Gasteiger partial charge in [-0.3, -0.25) is 10.1 Å². The summed E-state index contributed by atoms with van der Waals surface area (Å²) in [6, 6.07) is 12.2. The van der Waals surface area contributed by atoms with E-state index in [1.165, 1.54) is 6.07 Å². The van der Waals surface area contributed by atoms with E-state index < -0.39 is 10.9 Å². The van der Waals surface area contributed by atoms with E-state index in [-0.39, 0.29) is 17.9 Å². The number of ether oxygens (including phenoxy) is 1. The highest BCUT2D eigenvalue weighted by Gasteiger charge is 2.24. The zero-order chi connectivity index (χ0) is 17.8. The Kier molecular flexibility index (Phi) is 4.97. The van der Waals surface area contributed by atoms with Crippen molar-refractivity contribution in [2.75, 3.05) is 18.0 Å². The van der Waals surface area contributed by atoms with Gasteiger partial charge in [-0.1, -0.05) is 29.8 Å². The Morgan fingerprint density at radius 2 is 1.84 bits per heavy atom. The Morgan fingerprint density at radius 3 is 2.48 bits per heavy atom. The summed E-state index contributed by atoms with van der Waals surface area (Å²) >= 11 is 0. The van der Waals surface area contributed by atoms with E-state index in [2.05, 4.69) is 0 Å². The van der Waals surface area contributed by atoms with Crippen LogP contribution in [-0.2, 0) is 11.3 Å². The lowest BCUT2D eigenvalue weighted by atomic mass is 10.1. The van der Waals surface area contributed by atoms with Crippen LogP contribution in [0.3, 0.4) is 0 Å². The molecule has 0 radical (unpaired) electrons. The first-order valence-corrected chi connectivity index (χ1v) is 8.30. The standard InChI is InChI=1S/C19H20N2O4/c1-14-4-6-15(7-5-14)13-25-19(22)16-8-9-17(18(12-16)21(23)24)20-10-2-3-11-20/h4-9,12H,2-3,10-11,13H2,1H3. The molecule has 0 N–H and O–H groups in total. The molecule has 1 aliphatic heterocycles. The average Bonchev–Trinajstić information content (AvgIpc) is 3.15. The molecule has 1 saturated heterocycles. The topological polar surface area (TPSA) is 72.7 Å². The van der Waals surface area contributed by atoms with Crippen LogP contribution in [0.25, 0.3) is 0 Å². The number of hydrogen-bond donors (Lipinski definition) is 0. The molecule has 6 heteroatoms. The summed E-state index contributed by atoms with van der Waals surface area (Å²) < 4.78 is 5.28. The van der Waals surface area contributed by atoms with E-state index in [4.69, 9.17) is 4.74 Å². The fourth-order valence-electron chi connectivity index (χ4n) is 2.94. The molecule has 1 heterocycles. The van der Waals surface area contributed by atoms with E-state index in [1.807, 2.05) is 36.1 Å². The molecule has 1 fully saturated rings. The summed E-state index contributed by atoms with van der Waals surface area (Å²) in [5.74, 6) is -0.559. The smallest absolute Gasteiger partial charge is 0.338 e. The van der Waals surface area contributed by atoms with E-state index in [0.717, 1.165) is 37.1 Å². The van der Waals surface area contributed by atoms with Gasteiger partial charge in [0.1, 0.15) is 12.3 Å². The molecule has 2 aromatic carbocycles. The number of anilines is 1. The minimum Gasteiger partial charge on any atom is -0.457 e. The molecular weight excluding hydrogens is 320 g/mol. The Morgan fingerprint density at radius 1 is 1.16 bits per heavy atom. The summed E-state index contributed by atoms with van der Waals surface area (Å²) in [6.07, 6.45) is 2.05. The first-order valence-electron chi connectivity index (χ1n) is 8.30. The predicted octanol–water partition coefficient (Wildman–Crippen LogP) is 3.86. The fraction of sp³-hybridized carbons (Fsp3) is 0.316. The molecule has 0 aliphatic carbocycles. The molecule has 0 saturated carbocycles. The summed E-state index contributed by atoms with van der Waals surface area (Å²) in [6.45, 7) is 3.73. The second kappa shape index (κ2) is 7.34. The van der Waals surface area contributed by atoms with Crippen LogP contribution >= 0.6 is 0 Å². The second-order valence-electron chi connectivity index (χ2n) is 6.22. The molecule has 0 amide bonds. The van der Waals surface area contributed by atoms with Gasteiger partial charge in [-0.25, -0.2) is 4.79 Å². The van der Waals surface area contributed by atoms with Crippen LogP contribution in [0.1, 0.15) is 34.3 Å². The summed E-state index contributed by atoms with van der Waals surface area (Å²) in [5, 5.41) is 11.4. The molecule has 3 rings (SSSR count). The maximum atomic E-state index is 12.2. The predicted molar refractivity (Wildman–Crippen MR) is 94.8 cm³/mol. The van der Waals surface area contributed by atoms with Gasteiger partial charge < -0.3 is 9.64 Å². The number of benzene rings is 2. The van der Waals surface area contributed by atoms with Crippen molar-refractivity contribution >= 4 is 17.3 Å². The molecule has 25 heavy (non-hydrogen) atoms. The highest BCUT2D eigenvalue weighted by molar-refractivity contribution is 5.91. The van der Waals surface area contributed by atoms with Crippen molar-refractivity contribution < 1.29 is 14.5 Å². The van der Waals surface area contributed by atoms with Crippen LogP contribution < -0.4 is 4.90 Å². The zero-order valence-electron chi connectivity index (χ0n) is 14.1. The Bertz CT molecular complexity index is 781. The Balaban J connectivity index is 1.74. The lowest BCUT2D eigenvalue weighted by molar-refractivity contribution is -0.384. The highest BCUT2D eigenvalue weighted by Crippen LogP contribution is 2.31. The van der Waals surface area contributed by atoms with Gasteiger partial charge in [0.2, 0.25) is 0 Å². The Labute approximate surface area is 146 Å². The summed E-state index contributed by atoms with van der Waals surface area (Å²) in [7, 11) is 0. The van der Waals surface area contributed by atoms with Crippen molar-refractivity contribution in [2.24, 2.45) is 0 Å². The van der Waals surface area contributed by atoms with Crippen molar-refractivity contribution in [1.82, 2.24) is 0 Å². The summed E-state index contributed by atoms with van der Waals surface area (Å²) in [4.78, 5) is 25.2. The third-order valence-electron chi connectivity index (χ3n) is 4.35. The van der Waals surface area contributed by atoms with Crippen molar-refractivity contribution in [3.05, 3.63) is 69.3 Å². The van der Waals surface area contributed by atoms with Gasteiger partial charge in [0, 0.05) is 19.2 Å². The van der Waals surface area contributed by atoms with Gasteiger partial charge in [-0.15, -0.1) is 0 Å². The highest BCUT2D eigenvalue weighted by atomic mass is 16.6. The number of esters is 1. The third-order valence-corrected chi connectivity index (χ3v) is 4.35. The lowest BCUT2D eigenvalue weighted by Crippen LogP contribution is -2.19. The number of nitro groups is 1. The fourth-order valence-corrected chi connectivity index (χ4v) is 2.94. The maximum absolute atomic E-state index is 12.2. The maximum Gasteiger partial charge on any atom is 0.338 e. The minimum absolute atomic E-state index is 0.0494. The number of nitrogens with zero attached hydrogens (tertiary/aromatic N) is 2. The van der Waals surface area contributed by atoms with Crippen LogP contribution in [0, 0.1) is 17.0 Å². The minimum atomic E-state index is -0.559. The molecule has 1 aliphatic rings. The first kappa shape index (κ1) is 17.0. The SMILES string of the molecule is Cc1ccc(COC(=O)c2ccc(N3CCCC3)c([N+](=O)[O-])c2)cc1. The van der Waals surface area contributed by atoms with Gasteiger partial charge in [0.05, 0.1) is 10.5 Å². The molecule has 0 spiro atoms. The normalized spacial score (nSPS) is 13.7. The molecule has 0 unspecified atom stereocenters. The first-order chi connectivity index (χ1) is 12.0. The number of carbonyl (C=O) groups is 1. The molecule has 6 nitrogen and oxygen atoms in total. The molecule has 0 bridgehead atoms. The zero-order valence-corrected chi connectivity index (χ0v) is 14.1. The number of carbonyl (C=O) groups excluding carboxylic acids is 1. The van der Waals surface area contributed by atoms with E-state index >= 15 is 0 Å². The van der Waals surface area contributed by atoms with Crippen molar-refractivity contribution in [3.8, 4) is 0 Å². The van der Waals surface area contributed by atoms with Crippen molar-refractivity contribution in [2.45, 2.75) is 26.4 Å². The average molecular weight is 340 g/mol. The van der Waals surface area contributed by atoms with Crippen LogP contribution in [0.4, 0.5) is 11.4 Å². The number of nitro benzene ring substituents is 1. The molecule has 2 aromatic rings. The van der Waals surface area contributed by atoms with E-state index in [1.54, 1.807) is 12.1 Å². The molecule has 0 atom stereocenters. The van der Waals surface area contributed by atoms with E-state index in [0.29, 0.717) is 5.69 Å². The van der Waals surface area contributed by atoms with Crippen molar-refractivity contribution in [1.29, 1.82) is 0 Å². The number of hydrogen-bond acceptors (Lipinski definition) is 5.